The zero-order valence-corrected chi connectivity index (χ0v) is 14.0. The van der Waals surface area contributed by atoms with Gasteiger partial charge in [-0.25, -0.2) is 14.0 Å². The minimum Gasteiger partial charge on any atom is -0.469 e. The van der Waals surface area contributed by atoms with Crippen LogP contribution in [0.4, 0.5) is 19.7 Å². The van der Waals surface area contributed by atoms with Crippen LogP contribution in [0.1, 0.15) is 29.9 Å². The molecule has 1 aromatic carbocycles. The molecule has 9 nitrogen and oxygen atoms in total. The minimum absolute atomic E-state index is 0.0299. The number of benzene rings is 1. The minimum atomic E-state index is -1.70. The van der Waals surface area contributed by atoms with Crippen LogP contribution >= 0.6 is 0 Å². The fraction of sp³-hybridized carbons (Fsp3) is 0.375. The summed E-state index contributed by atoms with van der Waals surface area (Å²) in [7, 11) is 2.59. The molecular weight excluding hydrogens is 349 g/mol. The fourth-order valence-corrected chi connectivity index (χ4v) is 3.33. The Bertz CT molecular complexity index is 826. The van der Waals surface area contributed by atoms with E-state index in [1.807, 2.05) is 5.32 Å². The summed E-state index contributed by atoms with van der Waals surface area (Å²) in [5, 5.41) is 6.66. The Labute approximate surface area is 147 Å². The molecule has 1 heterocycles. The number of imide groups is 1. The van der Waals surface area contributed by atoms with Crippen molar-refractivity contribution in [1.82, 2.24) is 10.6 Å². The molecule has 3 N–H and O–H groups in total. The van der Waals surface area contributed by atoms with E-state index in [-0.39, 0.29) is 24.1 Å². The summed E-state index contributed by atoms with van der Waals surface area (Å²) < 4.78 is 24.3. The van der Waals surface area contributed by atoms with Crippen molar-refractivity contribution in [2.24, 2.45) is 0 Å². The summed E-state index contributed by atoms with van der Waals surface area (Å²) in [5.74, 6) is -2.61. The van der Waals surface area contributed by atoms with Crippen molar-refractivity contribution in [2.75, 3.05) is 19.5 Å². The maximum atomic E-state index is 14.5. The zero-order chi connectivity index (χ0) is 19.1. The van der Waals surface area contributed by atoms with Gasteiger partial charge in [0.2, 0.25) is 5.60 Å². The Morgan fingerprint density at radius 2 is 2.15 bits per heavy atom. The number of hydrogen-bond acceptors (Lipinski definition) is 6. The zero-order valence-electron chi connectivity index (χ0n) is 14.0. The Balaban J connectivity index is 2.09. The van der Waals surface area contributed by atoms with Gasteiger partial charge in [-0.3, -0.25) is 14.9 Å². The molecule has 1 aliphatic heterocycles. The third-order valence-electron chi connectivity index (χ3n) is 4.51. The quantitative estimate of drug-likeness (QED) is 0.689. The van der Waals surface area contributed by atoms with Crippen LogP contribution in [0.3, 0.4) is 0 Å². The van der Waals surface area contributed by atoms with E-state index in [0.717, 1.165) is 6.07 Å². The molecule has 26 heavy (non-hydrogen) atoms. The number of fused-ring (bicyclic) bond motifs is 2. The predicted octanol–water partition coefficient (Wildman–Crippen LogP) is 1.09. The summed E-state index contributed by atoms with van der Waals surface area (Å²) in [6.45, 7) is 0. The number of ether oxygens (including phenoxy) is 2. The first-order valence-corrected chi connectivity index (χ1v) is 7.74. The van der Waals surface area contributed by atoms with E-state index < -0.39 is 41.3 Å². The van der Waals surface area contributed by atoms with Gasteiger partial charge in [-0.05, 0) is 23.6 Å². The molecule has 0 bridgehead atoms. The van der Waals surface area contributed by atoms with Crippen LogP contribution in [0.25, 0.3) is 0 Å². The summed E-state index contributed by atoms with van der Waals surface area (Å²) in [4.78, 5) is 47.1. The average Bonchev–Trinajstić information content (AvgIpc) is 3.04. The Kier molecular flexibility index (Phi) is 4.26. The molecule has 0 radical (unpaired) electrons. The second kappa shape index (κ2) is 6.28. The van der Waals surface area contributed by atoms with Crippen molar-refractivity contribution in [3.8, 4) is 0 Å². The Morgan fingerprint density at radius 3 is 2.73 bits per heavy atom. The van der Waals surface area contributed by atoms with Crippen molar-refractivity contribution in [2.45, 2.75) is 24.4 Å². The number of urea groups is 1. The summed E-state index contributed by atoms with van der Waals surface area (Å²) in [5.41, 5.74) is -1.25. The summed E-state index contributed by atoms with van der Waals surface area (Å²) in [6.07, 6.45) is -1.06. The van der Waals surface area contributed by atoms with Crippen LogP contribution in [0, 0.1) is 5.82 Å². The first kappa shape index (κ1) is 17.6. The predicted molar refractivity (Wildman–Crippen MR) is 84.8 cm³/mol. The second-order valence-corrected chi connectivity index (χ2v) is 5.98. The normalized spacial score (nSPS) is 23.3. The maximum absolute atomic E-state index is 14.5. The van der Waals surface area contributed by atoms with Gasteiger partial charge in [-0.2, -0.15) is 0 Å². The monoisotopic (exact) mass is 365 g/mol. The molecule has 2 unspecified atom stereocenters. The first-order chi connectivity index (χ1) is 12.3. The van der Waals surface area contributed by atoms with Gasteiger partial charge in [0.05, 0.1) is 19.2 Å². The lowest BCUT2D eigenvalue weighted by Crippen LogP contribution is -2.34. The molecule has 1 aliphatic carbocycles. The van der Waals surface area contributed by atoms with Crippen LogP contribution < -0.4 is 16.0 Å². The van der Waals surface area contributed by atoms with Crippen LogP contribution in [0.5, 0.6) is 0 Å². The van der Waals surface area contributed by atoms with E-state index in [1.54, 1.807) is 0 Å². The average molecular weight is 365 g/mol. The number of esters is 1. The molecule has 2 aliphatic rings. The van der Waals surface area contributed by atoms with Gasteiger partial charge in [0.25, 0.3) is 5.91 Å². The standard InChI is InChI=1S/C16H16FN3O6/c1-18-14(23)19-11-4-8-7(3-12(21)25-2)6-16(9(8)5-10(11)17)13(22)20-15(24)26-16/h4-5,7H,3,6H2,1-2H3,(H2,18,19,23)(H,20,22,24). The smallest absolute Gasteiger partial charge is 0.415 e. The third kappa shape index (κ3) is 2.72. The Morgan fingerprint density at radius 1 is 1.42 bits per heavy atom. The lowest BCUT2D eigenvalue weighted by Gasteiger charge is -2.20. The number of rotatable bonds is 3. The number of alkyl carbamates (subject to hydrolysis) is 1. The van der Waals surface area contributed by atoms with Crippen molar-refractivity contribution in [3.63, 3.8) is 0 Å². The van der Waals surface area contributed by atoms with Gasteiger partial charge in [-0.1, -0.05) is 0 Å². The third-order valence-corrected chi connectivity index (χ3v) is 4.51. The topological polar surface area (TPSA) is 123 Å². The lowest BCUT2D eigenvalue weighted by molar-refractivity contribution is -0.142. The molecular formula is C16H16FN3O6. The van der Waals surface area contributed by atoms with Crippen molar-refractivity contribution >= 4 is 29.7 Å². The van der Waals surface area contributed by atoms with Crippen molar-refractivity contribution in [1.29, 1.82) is 0 Å². The molecule has 3 rings (SSSR count). The number of nitrogens with one attached hydrogen (secondary N) is 3. The van der Waals surface area contributed by atoms with E-state index >= 15 is 0 Å². The Hall–Kier alpha value is -3.17. The number of carbonyl (C=O) groups is 4. The highest BCUT2D eigenvalue weighted by atomic mass is 19.1. The molecule has 2 atom stereocenters. The van der Waals surface area contributed by atoms with E-state index in [0.29, 0.717) is 5.56 Å². The van der Waals surface area contributed by atoms with Crippen molar-refractivity contribution in [3.05, 3.63) is 29.1 Å². The number of anilines is 1. The lowest BCUT2D eigenvalue weighted by atomic mass is 9.94. The van der Waals surface area contributed by atoms with E-state index in [9.17, 15) is 23.6 Å². The molecule has 1 aromatic rings. The van der Waals surface area contributed by atoms with Gasteiger partial charge < -0.3 is 20.1 Å². The maximum Gasteiger partial charge on any atom is 0.415 e. The van der Waals surface area contributed by atoms with E-state index in [1.165, 1.54) is 20.2 Å². The van der Waals surface area contributed by atoms with Crippen LogP contribution in [0.2, 0.25) is 0 Å². The van der Waals surface area contributed by atoms with Crippen LogP contribution in [0.15, 0.2) is 12.1 Å². The van der Waals surface area contributed by atoms with Gasteiger partial charge >= 0.3 is 18.1 Å². The van der Waals surface area contributed by atoms with E-state index in [4.69, 9.17) is 4.74 Å². The first-order valence-electron chi connectivity index (χ1n) is 7.74. The summed E-state index contributed by atoms with van der Waals surface area (Å²) >= 11 is 0. The number of hydrogen-bond donors (Lipinski definition) is 3. The number of carbonyl (C=O) groups excluding carboxylic acids is 4. The van der Waals surface area contributed by atoms with Crippen LogP contribution in [-0.4, -0.2) is 38.2 Å². The highest BCUT2D eigenvalue weighted by Gasteiger charge is 2.57. The van der Waals surface area contributed by atoms with Gasteiger partial charge in [0, 0.05) is 19.0 Å². The number of amides is 4. The van der Waals surface area contributed by atoms with Gasteiger partial charge in [0.15, 0.2) is 0 Å². The molecule has 138 valence electrons. The fourth-order valence-electron chi connectivity index (χ4n) is 3.33. The molecule has 10 heteroatoms. The molecule has 0 aromatic heterocycles. The van der Waals surface area contributed by atoms with Gasteiger partial charge in [0.1, 0.15) is 5.82 Å². The van der Waals surface area contributed by atoms with Gasteiger partial charge in [-0.15, -0.1) is 0 Å². The molecule has 1 spiro atoms. The number of halogens is 1. The highest BCUT2D eigenvalue weighted by molar-refractivity contribution is 6.04. The second-order valence-electron chi connectivity index (χ2n) is 5.98. The number of methoxy groups -OCH3 is 1. The molecule has 1 saturated heterocycles. The van der Waals surface area contributed by atoms with Crippen LogP contribution in [-0.2, 0) is 24.7 Å². The SMILES string of the molecule is CNC(=O)Nc1cc2c(cc1F)C1(CC2CC(=O)OC)OC(=O)NC1=O. The van der Waals surface area contributed by atoms with Crippen molar-refractivity contribution < 1.29 is 33.0 Å². The molecule has 4 amide bonds. The molecule has 1 fully saturated rings. The highest BCUT2D eigenvalue weighted by Crippen LogP contribution is 2.51. The summed E-state index contributed by atoms with van der Waals surface area (Å²) in [6, 6.07) is 1.74. The largest absolute Gasteiger partial charge is 0.469 e. The molecule has 0 saturated carbocycles. The van der Waals surface area contributed by atoms with E-state index in [2.05, 4.69) is 15.4 Å².